The van der Waals surface area contributed by atoms with Crippen LogP contribution in [0.15, 0.2) is 35.9 Å². The maximum Gasteiger partial charge on any atom is 0.290 e. The van der Waals surface area contributed by atoms with Crippen LogP contribution in [0.3, 0.4) is 0 Å². The molecular formula is C13H12N3O3+. The third-order valence-electron chi connectivity index (χ3n) is 2.97. The number of aromatic amines is 1. The number of hydrogen-bond donors (Lipinski definition) is 1. The van der Waals surface area contributed by atoms with Crippen LogP contribution in [0.5, 0.6) is 0 Å². The molecule has 0 aromatic carbocycles. The molecule has 1 unspecified atom stereocenters. The van der Waals surface area contributed by atoms with E-state index in [0.29, 0.717) is 5.56 Å². The van der Waals surface area contributed by atoms with E-state index in [-0.39, 0.29) is 17.9 Å². The summed E-state index contributed by atoms with van der Waals surface area (Å²) in [6.45, 7) is 1.09. The maximum absolute atomic E-state index is 11.9. The molecule has 1 atom stereocenters. The summed E-state index contributed by atoms with van der Waals surface area (Å²) in [6.07, 6.45) is 3.32. The average Bonchev–Trinajstić information content (AvgIpc) is 2.65. The summed E-state index contributed by atoms with van der Waals surface area (Å²) >= 11 is 0. The number of aromatic nitrogens is 1. The first-order chi connectivity index (χ1) is 9.07. The van der Waals surface area contributed by atoms with Gasteiger partial charge in [0.1, 0.15) is 6.54 Å². The second kappa shape index (κ2) is 4.90. The van der Waals surface area contributed by atoms with Crippen LogP contribution in [0.25, 0.3) is 0 Å². The summed E-state index contributed by atoms with van der Waals surface area (Å²) in [5, 5.41) is 18.6. The molecule has 0 saturated heterocycles. The van der Waals surface area contributed by atoms with Gasteiger partial charge in [-0.1, -0.05) is 0 Å². The van der Waals surface area contributed by atoms with Crippen molar-refractivity contribution in [3.05, 3.63) is 41.4 Å². The molecule has 0 radical (unpaired) electrons. The second-order valence-corrected chi connectivity index (χ2v) is 4.15. The van der Waals surface area contributed by atoms with Crippen LogP contribution in [0.4, 0.5) is 0 Å². The largest absolute Gasteiger partial charge is 0.503 e. The number of aliphatic hydroxyl groups is 1. The SMILES string of the molecule is CC(=O)C1=C(O)C(=O)N(CC#N)C1c1ccc[nH+]c1. The van der Waals surface area contributed by atoms with Gasteiger partial charge >= 0.3 is 0 Å². The van der Waals surface area contributed by atoms with Gasteiger partial charge in [0.2, 0.25) is 0 Å². The molecule has 0 fully saturated rings. The number of rotatable bonds is 3. The zero-order chi connectivity index (χ0) is 14.0. The van der Waals surface area contributed by atoms with Crippen molar-refractivity contribution in [2.75, 3.05) is 6.54 Å². The van der Waals surface area contributed by atoms with E-state index in [1.54, 1.807) is 24.5 Å². The van der Waals surface area contributed by atoms with Crippen LogP contribution in [-0.2, 0) is 9.59 Å². The summed E-state index contributed by atoms with van der Waals surface area (Å²) in [7, 11) is 0. The summed E-state index contributed by atoms with van der Waals surface area (Å²) < 4.78 is 0. The minimum atomic E-state index is -0.720. The van der Waals surface area contributed by atoms with Gasteiger partial charge in [-0.25, -0.2) is 4.98 Å². The van der Waals surface area contributed by atoms with Gasteiger partial charge in [-0.3, -0.25) is 9.59 Å². The first kappa shape index (κ1) is 12.8. The van der Waals surface area contributed by atoms with Crippen LogP contribution in [-0.4, -0.2) is 28.2 Å². The molecule has 2 N–H and O–H groups in total. The van der Waals surface area contributed by atoms with Gasteiger partial charge in [0.05, 0.1) is 17.7 Å². The summed E-state index contributed by atoms with van der Waals surface area (Å²) in [6, 6.07) is 4.59. The van der Waals surface area contributed by atoms with Crippen molar-refractivity contribution in [3.63, 3.8) is 0 Å². The van der Waals surface area contributed by atoms with Crippen LogP contribution in [0.1, 0.15) is 18.5 Å². The molecule has 2 rings (SSSR count). The molecule has 96 valence electrons. The van der Waals surface area contributed by atoms with Crippen molar-refractivity contribution in [3.8, 4) is 6.07 Å². The molecule has 6 heteroatoms. The number of carbonyl (C=O) groups is 2. The van der Waals surface area contributed by atoms with Gasteiger partial charge < -0.3 is 10.0 Å². The molecule has 0 saturated carbocycles. The molecule has 0 bridgehead atoms. The number of nitrogens with one attached hydrogen (secondary N) is 1. The van der Waals surface area contributed by atoms with Gasteiger partial charge in [0.15, 0.2) is 23.9 Å². The van der Waals surface area contributed by atoms with Crippen LogP contribution >= 0.6 is 0 Å². The van der Waals surface area contributed by atoms with E-state index >= 15 is 0 Å². The Hall–Kier alpha value is -2.68. The molecular weight excluding hydrogens is 246 g/mol. The van der Waals surface area contributed by atoms with Gasteiger partial charge in [0, 0.05) is 11.6 Å². The molecule has 2 heterocycles. The Balaban J connectivity index is 2.55. The highest BCUT2D eigenvalue weighted by atomic mass is 16.3. The molecule has 1 aromatic heterocycles. The van der Waals surface area contributed by atoms with E-state index in [2.05, 4.69) is 4.98 Å². The molecule has 6 nitrogen and oxygen atoms in total. The zero-order valence-electron chi connectivity index (χ0n) is 10.3. The lowest BCUT2D eigenvalue weighted by atomic mass is 9.98. The number of nitrogens with zero attached hydrogens (tertiary/aromatic N) is 2. The molecule has 1 aromatic rings. The van der Waals surface area contributed by atoms with Crippen molar-refractivity contribution >= 4 is 11.7 Å². The standard InChI is InChI=1S/C13H11N3O3/c1-8(17)10-11(9-3-2-5-15-7-9)16(6-4-14)13(19)12(10)18/h2-3,5,7,11,18H,6H2,1H3/p+1. The Morgan fingerprint density at radius 1 is 1.63 bits per heavy atom. The van der Waals surface area contributed by atoms with Gasteiger partial charge in [-0.15, -0.1) is 0 Å². The average molecular weight is 258 g/mol. The number of pyridine rings is 1. The summed E-state index contributed by atoms with van der Waals surface area (Å²) in [5.74, 6) is -1.66. The summed E-state index contributed by atoms with van der Waals surface area (Å²) in [4.78, 5) is 27.6. The molecule has 1 aliphatic rings. The van der Waals surface area contributed by atoms with Crippen LogP contribution in [0, 0.1) is 11.3 Å². The number of ketones is 1. The predicted molar refractivity (Wildman–Crippen MR) is 63.4 cm³/mol. The lowest BCUT2D eigenvalue weighted by Crippen LogP contribution is -2.31. The fourth-order valence-electron chi connectivity index (χ4n) is 2.18. The van der Waals surface area contributed by atoms with Crippen molar-refractivity contribution in [2.45, 2.75) is 13.0 Å². The van der Waals surface area contributed by atoms with Gasteiger partial charge in [0.25, 0.3) is 5.91 Å². The van der Waals surface area contributed by atoms with E-state index in [0.717, 1.165) is 0 Å². The number of Topliss-reactive ketones (excluding diaryl/α,β-unsaturated/α-hetero) is 1. The van der Waals surface area contributed by atoms with Crippen molar-refractivity contribution in [2.24, 2.45) is 0 Å². The molecule has 1 amide bonds. The highest BCUT2D eigenvalue weighted by molar-refractivity contribution is 6.08. The molecule has 1 aliphatic heterocycles. The topological polar surface area (TPSA) is 95.5 Å². The monoisotopic (exact) mass is 258 g/mol. The minimum absolute atomic E-state index is 0.0276. The number of H-pyrrole nitrogens is 1. The first-order valence-electron chi connectivity index (χ1n) is 5.66. The van der Waals surface area contributed by atoms with E-state index < -0.39 is 17.7 Å². The Morgan fingerprint density at radius 3 is 2.89 bits per heavy atom. The predicted octanol–water partition coefficient (Wildman–Crippen LogP) is 0.309. The molecule has 0 aliphatic carbocycles. The van der Waals surface area contributed by atoms with Gasteiger partial charge in [-0.2, -0.15) is 5.26 Å². The number of carbonyl (C=O) groups excluding carboxylic acids is 2. The number of amides is 1. The number of hydrogen-bond acceptors (Lipinski definition) is 4. The fourth-order valence-corrected chi connectivity index (χ4v) is 2.18. The van der Waals surface area contributed by atoms with E-state index in [9.17, 15) is 14.7 Å². The zero-order valence-corrected chi connectivity index (χ0v) is 10.3. The van der Waals surface area contributed by atoms with Crippen molar-refractivity contribution < 1.29 is 19.7 Å². The van der Waals surface area contributed by atoms with Crippen molar-refractivity contribution in [1.29, 1.82) is 5.26 Å². The summed E-state index contributed by atoms with van der Waals surface area (Å²) in [5.41, 5.74) is 0.667. The Bertz CT molecular complexity index is 601. The number of aliphatic hydroxyl groups excluding tert-OH is 1. The smallest absolute Gasteiger partial charge is 0.290 e. The van der Waals surface area contributed by atoms with E-state index in [4.69, 9.17) is 5.26 Å². The normalized spacial score (nSPS) is 18.6. The Kier molecular flexibility index (Phi) is 3.29. The second-order valence-electron chi connectivity index (χ2n) is 4.15. The quantitative estimate of drug-likeness (QED) is 0.789. The highest BCUT2D eigenvalue weighted by Crippen LogP contribution is 2.36. The van der Waals surface area contributed by atoms with E-state index in [1.165, 1.54) is 11.8 Å². The third kappa shape index (κ3) is 2.06. The minimum Gasteiger partial charge on any atom is -0.503 e. The lowest BCUT2D eigenvalue weighted by Gasteiger charge is -2.22. The highest BCUT2D eigenvalue weighted by Gasteiger charge is 2.42. The van der Waals surface area contributed by atoms with Crippen LogP contribution < -0.4 is 4.98 Å². The molecule has 19 heavy (non-hydrogen) atoms. The lowest BCUT2D eigenvalue weighted by molar-refractivity contribution is -0.378. The first-order valence-corrected chi connectivity index (χ1v) is 5.66. The third-order valence-corrected chi connectivity index (χ3v) is 2.97. The van der Waals surface area contributed by atoms with E-state index in [1.807, 2.05) is 6.07 Å². The molecule has 0 spiro atoms. The van der Waals surface area contributed by atoms with Crippen molar-refractivity contribution in [1.82, 2.24) is 4.90 Å². The van der Waals surface area contributed by atoms with Gasteiger partial charge in [-0.05, 0) is 13.0 Å². The maximum atomic E-state index is 11.9. The fraction of sp³-hybridized carbons (Fsp3) is 0.231. The Labute approximate surface area is 109 Å². The van der Waals surface area contributed by atoms with Crippen LogP contribution in [0.2, 0.25) is 0 Å². The Morgan fingerprint density at radius 2 is 2.37 bits per heavy atom. The number of nitriles is 1.